The normalized spacial score (nSPS) is 10.6. The Morgan fingerprint density at radius 3 is 2.74 bits per heavy atom. The number of halogens is 2. The van der Waals surface area contributed by atoms with Crippen LogP contribution in [-0.2, 0) is 4.79 Å². The average molecular weight is 350 g/mol. The van der Waals surface area contributed by atoms with Crippen LogP contribution in [0.15, 0.2) is 16.6 Å². The number of benzene rings is 1. The van der Waals surface area contributed by atoms with Gasteiger partial charge >= 0.3 is 0 Å². The Hall–Kier alpha value is -0.780. The van der Waals surface area contributed by atoms with Crippen molar-refractivity contribution < 1.29 is 9.53 Å². The van der Waals surface area contributed by atoms with E-state index >= 15 is 0 Å². The number of nitrogens with zero attached hydrogens (tertiary/aromatic N) is 1. The molecule has 0 saturated carbocycles. The van der Waals surface area contributed by atoms with E-state index in [0.29, 0.717) is 17.3 Å². The van der Waals surface area contributed by atoms with Gasteiger partial charge < -0.3 is 15.0 Å². The molecule has 1 aromatic carbocycles. The summed E-state index contributed by atoms with van der Waals surface area (Å²) in [5, 5.41) is 3.27. The third-order valence-corrected chi connectivity index (χ3v) is 3.16. The molecule has 0 atom stereocenters. The van der Waals surface area contributed by atoms with E-state index in [2.05, 4.69) is 21.2 Å². The van der Waals surface area contributed by atoms with Crippen molar-refractivity contribution in [1.29, 1.82) is 0 Å². The van der Waals surface area contributed by atoms with E-state index in [0.717, 1.165) is 16.6 Å². The van der Waals surface area contributed by atoms with Crippen LogP contribution < -0.4 is 10.1 Å². The van der Waals surface area contributed by atoms with Gasteiger partial charge in [-0.15, -0.1) is 0 Å². The van der Waals surface area contributed by atoms with E-state index in [1.807, 2.05) is 32.0 Å². The zero-order valence-corrected chi connectivity index (χ0v) is 13.6. The monoisotopic (exact) mass is 348 g/mol. The van der Waals surface area contributed by atoms with Gasteiger partial charge in [0.1, 0.15) is 5.75 Å². The molecule has 6 heteroatoms. The molecular formula is C13H18BrClN2O2. The fourth-order valence-corrected chi connectivity index (χ4v) is 2.50. The number of rotatable bonds is 6. The van der Waals surface area contributed by atoms with Gasteiger partial charge in [-0.3, -0.25) is 4.79 Å². The zero-order chi connectivity index (χ0) is 14.4. The maximum absolute atomic E-state index is 11.6. The minimum atomic E-state index is -0.153. The standard InChI is InChI=1S/C13H18BrClN2O2/c1-9-6-10(14)7-11(15)13(9)19-8-12(18)16-4-5-17(2)3/h6-7H,4-5,8H2,1-3H3,(H,16,18). The lowest BCUT2D eigenvalue weighted by Crippen LogP contribution is -2.34. The molecule has 19 heavy (non-hydrogen) atoms. The predicted molar refractivity (Wildman–Crippen MR) is 80.9 cm³/mol. The maximum atomic E-state index is 11.6. The summed E-state index contributed by atoms with van der Waals surface area (Å²) < 4.78 is 6.35. The molecule has 0 radical (unpaired) electrons. The van der Waals surface area contributed by atoms with Crippen LogP contribution in [-0.4, -0.2) is 44.6 Å². The highest BCUT2D eigenvalue weighted by atomic mass is 79.9. The molecule has 106 valence electrons. The zero-order valence-electron chi connectivity index (χ0n) is 11.3. The molecule has 0 saturated heterocycles. The van der Waals surface area contributed by atoms with Crippen LogP contribution in [0, 0.1) is 6.92 Å². The van der Waals surface area contributed by atoms with Crippen molar-refractivity contribution in [1.82, 2.24) is 10.2 Å². The Kier molecular flexibility index (Phi) is 6.62. The van der Waals surface area contributed by atoms with E-state index in [1.54, 1.807) is 6.07 Å². The lowest BCUT2D eigenvalue weighted by Gasteiger charge is -2.13. The van der Waals surface area contributed by atoms with Gasteiger partial charge in [0.25, 0.3) is 5.91 Å². The van der Waals surface area contributed by atoms with E-state index in [-0.39, 0.29) is 12.5 Å². The number of likely N-dealkylation sites (N-methyl/N-ethyl adjacent to an activating group) is 1. The highest BCUT2D eigenvalue weighted by Crippen LogP contribution is 2.31. The minimum Gasteiger partial charge on any atom is -0.482 e. The quantitative estimate of drug-likeness (QED) is 0.858. The van der Waals surface area contributed by atoms with Gasteiger partial charge in [-0.1, -0.05) is 27.5 Å². The van der Waals surface area contributed by atoms with Crippen LogP contribution in [0.5, 0.6) is 5.75 Å². The largest absolute Gasteiger partial charge is 0.482 e. The average Bonchev–Trinajstić information content (AvgIpc) is 2.26. The van der Waals surface area contributed by atoms with Crippen LogP contribution in [0.4, 0.5) is 0 Å². The molecule has 1 N–H and O–H groups in total. The van der Waals surface area contributed by atoms with Crippen molar-refractivity contribution >= 4 is 33.4 Å². The second-order valence-corrected chi connectivity index (χ2v) is 5.80. The summed E-state index contributed by atoms with van der Waals surface area (Å²) >= 11 is 9.42. The number of hydrogen-bond acceptors (Lipinski definition) is 3. The first-order valence-electron chi connectivity index (χ1n) is 5.90. The number of amides is 1. The first kappa shape index (κ1) is 16.3. The first-order valence-corrected chi connectivity index (χ1v) is 7.07. The van der Waals surface area contributed by atoms with E-state index < -0.39 is 0 Å². The molecule has 0 fully saturated rings. The van der Waals surface area contributed by atoms with Gasteiger partial charge in [-0.05, 0) is 38.7 Å². The summed E-state index contributed by atoms with van der Waals surface area (Å²) in [5.74, 6) is 0.396. The summed E-state index contributed by atoms with van der Waals surface area (Å²) in [7, 11) is 3.90. The Bertz CT molecular complexity index is 429. The molecule has 1 aromatic rings. The maximum Gasteiger partial charge on any atom is 0.257 e. The molecule has 0 aromatic heterocycles. The van der Waals surface area contributed by atoms with Crippen molar-refractivity contribution in [2.75, 3.05) is 33.8 Å². The Labute approximate surface area is 127 Å². The van der Waals surface area contributed by atoms with Crippen LogP contribution in [0.2, 0.25) is 5.02 Å². The third kappa shape index (κ3) is 5.80. The molecule has 1 rings (SSSR count). The van der Waals surface area contributed by atoms with Crippen molar-refractivity contribution in [2.45, 2.75) is 6.92 Å². The second kappa shape index (κ2) is 7.72. The summed E-state index contributed by atoms with van der Waals surface area (Å²) in [6.07, 6.45) is 0. The number of aryl methyl sites for hydroxylation is 1. The van der Waals surface area contributed by atoms with Crippen molar-refractivity contribution in [2.24, 2.45) is 0 Å². The van der Waals surface area contributed by atoms with Crippen LogP contribution >= 0.6 is 27.5 Å². The fraction of sp³-hybridized carbons (Fsp3) is 0.462. The summed E-state index contributed by atoms with van der Waals surface area (Å²) in [4.78, 5) is 13.6. The van der Waals surface area contributed by atoms with E-state index in [1.165, 1.54) is 0 Å². The van der Waals surface area contributed by atoms with Gasteiger partial charge in [-0.25, -0.2) is 0 Å². The molecule has 0 bridgehead atoms. The van der Waals surface area contributed by atoms with Gasteiger partial charge in [0.15, 0.2) is 6.61 Å². The fourth-order valence-electron chi connectivity index (χ4n) is 1.48. The van der Waals surface area contributed by atoms with Gasteiger partial charge in [0.05, 0.1) is 5.02 Å². The first-order chi connectivity index (χ1) is 8.90. The van der Waals surface area contributed by atoms with Crippen molar-refractivity contribution in [3.8, 4) is 5.75 Å². The highest BCUT2D eigenvalue weighted by Gasteiger charge is 2.09. The molecule has 0 unspecified atom stereocenters. The summed E-state index contributed by atoms with van der Waals surface area (Å²) in [5.41, 5.74) is 0.889. The van der Waals surface area contributed by atoms with Crippen LogP contribution in [0.3, 0.4) is 0 Å². The lowest BCUT2D eigenvalue weighted by molar-refractivity contribution is -0.123. The SMILES string of the molecule is Cc1cc(Br)cc(Cl)c1OCC(=O)NCCN(C)C. The number of hydrogen-bond donors (Lipinski definition) is 1. The molecule has 0 aliphatic rings. The van der Waals surface area contributed by atoms with Gasteiger partial charge in [0.2, 0.25) is 0 Å². The van der Waals surface area contributed by atoms with Gasteiger partial charge in [-0.2, -0.15) is 0 Å². The molecule has 4 nitrogen and oxygen atoms in total. The van der Waals surface area contributed by atoms with Crippen molar-refractivity contribution in [3.63, 3.8) is 0 Å². The topological polar surface area (TPSA) is 41.6 Å². The molecule has 0 spiro atoms. The molecule has 0 aliphatic heterocycles. The molecular weight excluding hydrogens is 332 g/mol. The Morgan fingerprint density at radius 2 is 2.16 bits per heavy atom. The van der Waals surface area contributed by atoms with E-state index in [9.17, 15) is 4.79 Å². The summed E-state index contributed by atoms with van der Waals surface area (Å²) in [6.45, 7) is 3.25. The molecule has 1 amide bonds. The second-order valence-electron chi connectivity index (χ2n) is 4.48. The van der Waals surface area contributed by atoms with Crippen LogP contribution in [0.25, 0.3) is 0 Å². The smallest absolute Gasteiger partial charge is 0.257 e. The Morgan fingerprint density at radius 1 is 1.47 bits per heavy atom. The minimum absolute atomic E-state index is 0.0321. The van der Waals surface area contributed by atoms with Crippen LogP contribution in [0.1, 0.15) is 5.56 Å². The number of carbonyl (C=O) groups excluding carboxylic acids is 1. The Balaban J connectivity index is 2.46. The summed E-state index contributed by atoms with van der Waals surface area (Å²) in [6, 6.07) is 3.64. The third-order valence-electron chi connectivity index (χ3n) is 2.42. The number of ether oxygens (including phenoxy) is 1. The molecule has 0 heterocycles. The van der Waals surface area contributed by atoms with Gasteiger partial charge in [0, 0.05) is 17.6 Å². The predicted octanol–water partition coefficient (Wildman–Crippen LogP) is 2.47. The van der Waals surface area contributed by atoms with Crippen molar-refractivity contribution in [3.05, 3.63) is 27.2 Å². The number of nitrogens with one attached hydrogen (secondary N) is 1. The lowest BCUT2D eigenvalue weighted by atomic mass is 10.2. The molecule has 0 aliphatic carbocycles. The number of carbonyl (C=O) groups is 1. The van der Waals surface area contributed by atoms with E-state index in [4.69, 9.17) is 16.3 Å². The highest BCUT2D eigenvalue weighted by molar-refractivity contribution is 9.10.